The van der Waals surface area contributed by atoms with Gasteiger partial charge >= 0.3 is 0 Å². The highest BCUT2D eigenvalue weighted by atomic mass is 16.6. The average Bonchev–Trinajstić information content (AvgIpc) is 3.15. The van der Waals surface area contributed by atoms with Gasteiger partial charge < -0.3 is 24.8 Å². The molecule has 1 aromatic heterocycles. The zero-order valence-corrected chi connectivity index (χ0v) is 14.0. The molecule has 1 saturated heterocycles. The lowest BCUT2D eigenvalue weighted by Gasteiger charge is -2.27. The molecule has 0 saturated carbocycles. The molecule has 2 aliphatic heterocycles. The van der Waals surface area contributed by atoms with Gasteiger partial charge in [-0.2, -0.15) is 0 Å². The van der Waals surface area contributed by atoms with Crippen LogP contribution < -0.4 is 19.7 Å². The number of nitrogens with zero attached hydrogens (tertiary/aromatic N) is 3. The Hall–Kier alpha value is -2.54. The number of anilines is 2. The number of hydrogen-bond donors (Lipinski definition) is 2. The summed E-state index contributed by atoms with van der Waals surface area (Å²) >= 11 is 0. The van der Waals surface area contributed by atoms with E-state index in [1.54, 1.807) is 6.33 Å². The first kappa shape index (κ1) is 16.0. The maximum Gasteiger partial charge on any atom is 0.161 e. The van der Waals surface area contributed by atoms with Gasteiger partial charge in [-0.3, -0.25) is 0 Å². The number of nitrogens with one attached hydrogen (secondary N) is 1. The first-order valence-electron chi connectivity index (χ1n) is 8.65. The van der Waals surface area contributed by atoms with E-state index in [1.165, 1.54) is 0 Å². The molecule has 0 radical (unpaired) electrons. The van der Waals surface area contributed by atoms with E-state index in [2.05, 4.69) is 20.2 Å². The summed E-state index contributed by atoms with van der Waals surface area (Å²) in [6.45, 7) is 2.16. The molecular formula is C18H22N4O3. The Bertz CT molecular complexity index is 727. The van der Waals surface area contributed by atoms with Gasteiger partial charge in [-0.1, -0.05) is 12.1 Å². The molecule has 2 aliphatic rings. The average molecular weight is 342 g/mol. The summed E-state index contributed by atoms with van der Waals surface area (Å²) < 4.78 is 11.7. The van der Waals surface area contributed by atoms with Crippen LogP contribution in [0.3, 0.4) is 0 Å². The van der Waals surface area contributed by atoms with Gasteiger partial charge in [0.1, 0.15) is 30.7 Å². The third kappa shape index (κ3) is 3.46. The summed E-state index contributed by atoms with van der Waals surface area (Å²) in [6.07, 6.45) is 3.55. The van der Waals surface area contributed by atoms with Crippen molar-refractivity contribution >= 4 is 11.6 Å². The van der Waals surface area contributed by atoms with E-state index in [-0.39, 0.29) is 18.8 Å². The van der Waals surface area contributed by atoms with Crippen molar-refractivity contribution in [2.45, 2.75) is 25.0 Å². The van der Waals surface area contributed by atoms with Crippen LogP contribution in [-0.2, 0) is 0 Å². The summed E-state index contributed by atoms with van der Waals surface area (Å²) in [5, 5.41) is 12.8. The molecule has 132 valence electrons. The molecule has 7 heteroatoms. The van der Waals surface area contributed by atoms with Crippen LogP contribution >= 0.6 is 0 Å². The molecule has 2 N–H and O–H groups in total. The Kier molecular flexibility index (Phi) is 4.56. The molecule has 3 heterocycles. The second kappa shape index (κ2) is 7.14. The van der Waals surface area contributed by atoms with Crippen molar-refractivity contribution < 1.29 is 14.6 Å². The third-order valence-corrected chi connectivity index (χ3v) is 4.61. The molecule has 1 aromatic carbocycles. The normalized spacial score (nSPS) is 22.0. The highest BCUT2D eigenvalue weighted by Crippen LogP contribution is 2.31. The molecule has 7 nitrogen and oxygen atoms in total. The van der Waals surface area contributed by atoms with Crippen LogP contribution in [0.4, 0.5) is 11.6 Å². The minimum Gasteiger partial charge on any atom is -0.486 e. The smallest absolute Gasteiger partial charge is 0.161 e. The lowest BCUT2D eigenvalue weighted by atomic mass is 10.2. The highest BCUT2D eigenvalue weighted by molar-refractivity contribution is 5.50. The molecule has 4 rings (SSSR count). The van der Waals surface area contributed by atoms with Gasteiger partial charge in [-0.15, -0.1) is 0 Å². The third-order valence-electron chi connectivity index (χ3n) is 4.61. The van der Waals surface area contributed by atoms with Crippen LogP contribution in [0.5, 0.6) is 11.5 Å². The number of aromatic nitrogens is 2. The van der Waals surface area contributed by atoms with Crippen molar-refractivity contribution in [2.75, 3.05) is 36.5 Å². The maximum absolute atomic E-state index is 9.49. The van der Waals surface area contributed by atoms with Crippen LogP contribution in [0.15, 0.2) is 36.7 Å². The van der Waals surface area contributed by atoms with Gasteiger partial charge in [0.05, 0.1) is 19.2 Å². The molecule has 2 aromatic rings. The molecule has 2 unspecified atom stereocenters. The first-order chi connectivity index (χ1) is 12.3. The molecule has 0 spiro atoms. The van der Waals surface area contributed by atoms with Crippen molar-refractivity contribution in [3.05, 3.63) is 36.7 Å². The van der Waals surface area contributed by atoms with E-state index >= 15 is 0 Å². The second-order valence-corrected chi connectivity index (χ2v) is 6.31. The van der Waals surface area contributed by atoms with E-state index in [4.69, 9.17) is 9.47 Å². The fourth-order valence-corrected chi connectivity index (χ4v) is 3.31. The zero-order valence-electron chi connectivity index (χ0n) is 14.0. The minimum absolute atomic E-state index is 0.0784. The summed E-state index contributed by atoms with van der Waals surface area (Å²) in [6, 6.07) is 9.75. The van der Waals surface area contributed by atoms with Crippen LogP contribution in [0.2, 0.25) is 0 Å². The highest BCUT2D eigenvalue weighted by Gasteiger charge is 2.25. The quantitative estimate of drug-likeness (QED) is 0.856. The Morgan fingerprint density at radius 3 is 3.00 bits per heavy atom. The summed E-state index contributed by atoms with van der Waals surface area (Å²) in [7, 11) is 0. The number of aliphatic hydroxyl groups is 1. The molecule has 0 aliphatic carbocycles. The van der Waals surface area contributed by atoms with Crippen molar-refractivity contribution in [3.8, 4) is 11.5 Å². The number of hydrogen-bond acceptors (Lipinski definition) is 7. The van der Waals surface area contributed by atoms with Crippen molar-refractivity contribution in [1.29, 1.82) is 0 Å². The molecule has 0 bridgehead atoms. The van der Waals surface area contributed by atoms with Crippen LogP contribution in [-0.4, -0.2) is 53.5 Å². The van der Waals surface area contributed by atoms with Gasteiger partial charge in [0.25, 0.3) is 0 Å². The number of aliphatic hydroxyl groups excluding tert-OH is 1. The lowest BCUT2D eigenvalue weighted by Crippen LogP contribution is -2.35. The van der Waals surface area contributed by atoms with E-state index < -0.39 is 0 Å². The molecular weight excluding hydrogens is 320 g/mol. The minimum atomic E-state index is -0.0784. The molecule has 25 heavy (non-hydrogen) atoms. The molecule has 2 atom stereocenters. The molecule has 0 amide bonds. The SMILES string of the molecule is OCC1CCCN1c1cc(NCC2COc3ccccc3O2)ncn1. The van der Waals surface area contributed by atoms with Gasteiger partial charge in [-0.25, -0.2) is 9.97 Å². The number of para-hydroxylation sites is 2. The van der Waals surface area contributed by atoms with Crippen molar-refractivity contribution in [1.82, 2.24) is 9.97 Å². The van der Waals surface area contributed by atoms with E-state index in [0.717, 1.165) is 42.5 Å². The monoisotopic (exact) mass is 342 g/mol. The summed E-state index contributed by atoms with van der Waals surface area (Å²) in [4.78, 5) is 10.8. The maximum atomic E-state index is 9.49. The second-order valence-electron chi connectivity index (χ2n) is 6.31. The van der Waals surface area contributed by atoms with Crippen molar-refractivity contribution in [2.24, 2.45) is 0 Å². The largest absolute Gasteiger partial charge is 0.486 e. The number of fused-ring (bicyclic) bond motifs is 1. The number of rotatable bonds is 5. The van der Waals surface area contributed by atoms with E-state index in [0.29, 0.717) is 13.2 Å². The Morgan fingerprint density at radius 1 is 1.24 bits per heavy atom. The van der Waals surface area contributed by atoms with Crippen LogP contribution in [0, 0.1) is 0 Å². The Balaban J connectivity index is 1.38. The van der Waals surface area contributed by atoms with Gasteiger partial charge in [0.15, 0.2) is 11.5 Å². The lowest BCUT2D eigenvalue weighted by molar-refractivity contribution is 0.0997. The Labute approximate surface area is 146 Å². The van der Waals surface area contributed by atoms with E-state index in [1.807, 2.05) is 30.3 Å². The van der Waals surface area contributed by atoms with Gasteiger partial charge in [-0.05, 0) is 25.0 Å². The fraction of sp³-hybridized carbons (Fsp3) is 0.444. The van der Waals surface area contributed by atoms with Crippen molar-refractivity contribution in [3.63, 3.8) is 0 Å². The fourth-order valence-electron chi connectivity index (χ4n) is 3.31. The predicted octanol–water partition coefficient (Wildman–Crippen LogP) is 1.69. The van der Waals surface area contributed by atoms with E-state index in [9.17, 15) is 5.11 Å². The van der Waals surface area contributed by atoms with Crippen LogP contribution in [0.1, 0.15) is 12.8 Å². The summed E-state index contributed by atoms with van der Waals surface area (Å²) in [5.74, 6) is 3.15. The number of ether oxygens (including phenoxy) is 2. The molecule has 1 fully saturated rings. The zero-order chi connectivity index (χ0) is 17.1. The summed E-state index contributed by atoms with van der Waals surface area (Å²) in [5.41, 5.74) is 0. The van der Waals surface area contributed by atoms with Crippen LogP contribution in [0.25, 0.3) is 0 Å². The Morgan fingerprint density at radius 2 is 2.12 bits per heavy atom. The number of benzene rings is 1. The standard InChI is InChI=1S/C18H22N4O3/c23-10-13-4-3-7-22(13)18-8-17(20-12-21-18)19-9-14-11-24-15-5-1-2-6-16(15)25-14/h1-2,5-6,8,12-14,23H,3-4,7,9-11H2,(H,19,20,21). The van der Waals surface area contributed by atoms with Gasteiger partial charge in [0, 0.05) is 12.6 Å². The topological polar surface area (TPSA) is 79.7 Å². The first-order valence-corrected chi connectivity index (χ1v) is 8.65. The predicted molar refractivity (Wildman–Crippen MR) is 94.3 cm³/mol. The van der Waals surface area contributed by atoms with Gasteiger partial charge in [0.2, 0.25) is 0 Å².